The van der Waals surface area contributed by atoms with Crippen LogP contribution in [0.25, 0.3) is 0 Å². The minimum absolute atomic E-state index is 0.0492. The lowest BCUT2D eigenvalue weighted by Gasteiger charge is -2.13. The second kappa shape index (κ2) is 8.21. The van der Waals surface area contributed by atoms with Crippen LogP contribution in [0.4, 0.5) is 10.1 Å². The van der Waals surface area contributed by atoms with Crippen molar-refractivity contribution in [2.45, 2.75) is 6.92 Å². The van der Waals surface area contributed by atoms with Gasteiger partial charge in [0.05, 0.1) is 12.2 Å². The molecule has 0 aromatic heterocycles. The number of ether oxygens (including phenoxy) is 1. The summed E-state index contributed by atoms with van der Waals surface area (Å²) in [6.45, 7) is 2.53. The van der Waals surface area contributed by atoms with Crippen LogP contribution in [0.15, 0.2) is 42.5 Å². The molecule has 0 saturated heterocycles. The molecule has 126 valence electrons. The van der Waals surface area contributed by atoms with E-state index in [4.69, 9.17) is 4.74 Å². The van der Waals surface area contributed by atoms with E-state index in [9.17, 15) is 14.0 Å². The number of methoxy groups -OCH3 is 1. The van der Waals surface area contributed by atoms with Crippen molar-refractivity contribution >= 4 is 17.5 Å². The molecule has 0 radical (unpaired) electrons. The van der Waals surface area contributed by atoms with Gasteiger partial charge in [0, 0.05) is 24.9 Å². The van der Waals surface area contributed by atoms with E-state index in [-0.39, 0.29) is 11.5 Å². The SMILES string of the molecule is COCCNC(=O)c1cccc(NC(=O)c2ccccc2F)c1C. The summed E-state index contributed by atoms with van der Waals surface area (Å²) in [6.07, 6.45) is 0. The van der Waals surface area contributed by atoms with Gasteiger partial charge in [-0.2, -0.15) is 0 Å². The second-order valence-electron chi connectivity index (χ2n) is 5.16. The molecule has 2 aromatic carbocycles. The van der Waals surface area contributed by atoms with E-state index in [0.717, 1.165) is 0 Å². The third kappa shape index (κ3) is 4.17. The van der Waals surface area contributed by atoms with Gasteiger partial charge >= 0.3 is 0 Å². The number of hydrogen-bond donors (Lipinski definition) is 2. The highest BCUT2D eigenvalue weighted by Crippen LogP contribution is 2.20. The van der Waals surface area contributed by atoms with Crippen molar-refractivity contribution in [3.05, 3.63) is 65.0 Å². The van der Waals surface area contributed by atoms with E-state index in [1.54, 1.807) is 38.3 Å². The monoisotopic (exact) mass is 330 g/mol. The van der Waals surface area contributed by atoms with Crippen LogP contribution in [0.2, 0.25) is 0 Å². The third-order valence-electron chi connectivity index (χ3n) is 3.54. The predicted molar refractivity (Wildman–Crippen MR) is 89.7 cm³/mol. The number of hydrogen-bond acceptors (Lipinski definition) is 3. The molecule has 0 heterocycles. The van der Waals surface area contributed by atoms with E-state index in [2.05, 4.69) is 10.6 Å². The maximum Gasteiger partial charge on any atom is 0.258 e. The average molecular weight is 330 g/mol. The fraction of sp³-hybridized carbons (Fsp3) is 0.222. The Bertz CT molecular complexity index is 747. The van der Waals surface area contributed by atoms with E-state index in [0.29, 0.717) is 30.0 Å². The van der Waals surface area contributed by atoms with Crippen molar-refractivity contribution in [2.75, 3.05) is 25.6 Å². The van der Waals surface area contributed by atoms with Gasteiger partial charge in [0.15, 0.2) is 0 Å². The summed E-state index contributed by atoms with van der Waals surface area (Å²) in [5, 5.41) is 5.37. The van der Waals surface area contributed by atoms with Gasteiger partial charge < -0.3 is 15.4 Å². The number of anilines is 1. The summed E-state index contributed by atoms with van der Waals surface area (Å²) in [6, 6.07) is 10.7. The molecule has 0 unspecified atom stereocenters. The Labute approximate surface area is 139 Å². The molecule has 0 aliphatic heterocycles. The zero-order chi connectivity index (χ0) is 17.5. The average Bonchev–Trinajstić information content (AvgIpc) is 2.57. The highest BCUT2D eigenvalue weighted by atomic mass is 19.1. The smallest absolute Gasteiger partial charge is 0.258 e. The van der Waals surface area contributed by atoms with Gasteiger partial charge in [0.1, 0.15) is 5.82 Å². The number of amides is 2. The molecule has 6 heteroatoms. The number of benzene rings is 2. The first-order valence-electron chi connectivity index (χ1n) is 7.47. The summed E-state index contributed by atoms with van der Waals surface area (Å²) < 4.78 is 18.6. The number of halogens is 1. The Morgan fingerprint density at radius 3 is 2.46 bits per heavy atom. The zero-order valence-corrected chi connectivity index (χ0v) is 13.6. The molecule has 2 aromatic rings. The van der Waals surface area contributed by atoms with Crippen molar-refractivity contribution < 1.29 is 18.7 Å². The van der Waals surface area contributed by atoms with Crippen LogP contribution in [0.3, 0.4) is 0 Å². The second-order valence-corrected chi connectivity index (χ2v) is 5.16. The van der Waals surface area contributed by atoms with Gasteiger partial charge in [0.2, 0.25) is 0 Å². The van der Waals surface area contributed by atoms with E-state index < -0.39 is 11.7 Å². The fourth-order valence-corrected chi connectivity index (χ4v) is 2.21. The Morgan fingerprint density at radius 1 is 1.04 bits per heavy atom. The normalized spacial score (nSPS) is 10.3. The molecular weight excluding hydrogens is 311 g/mol. The molecule has 0 atom stereocenters. The first-order valence-corrected chi connectivity index (χ1v) is 7.47. The number of rotatable bonds is 6. The molecule has 2 rings (SSSR count). The lowest BCUT2D eigenvalue weighted by Crippen LogP contribution is -2.27. The quantitative estimate of drug-likeness (QED) is 0.800. The minimum atomic E-state index is -0.596. The summed E-state index contributed by atoms with van der Waals surface area (Å²) in [7, 11) is 1.55. The largest absolute Gasteiger partial charge is 0.383 e. The Hall–Kier alpha value is -2.73. The highest BCUT2D eigenvalue weighted by molar-refractivity contribution is 6.06. The van der Waals surface area contributed by atoms with Crippen molar-refractivity contribution in [1.29, 1.82) is 0 Å². The van der Waals surface area contributed by atoms with Crippen molar-refractivity contribution in [2.24, 2.45) is 0 Å². The van der Waals surface area contributed by atoms with Crippen LogP contribution in [0, 0.1) is 12.7 Å². The molecule has 0 bridgehead atoms. The summed E-state index contributed by atoms with van der Waals surface area (Å²) in [4.78, 5) is 24.4. The van der Waals surface area contributed by atoms with Gasteiger partial charge in [-0.25, -0.2) is 4.39 Å². The van der Waals surface area contributed by atoms with E-state index >= 15 is 0 Å². The van der Waals surface area contributed by atoms with Crippen LogP contribution in [0.5, 0.6) is 0 Å². The van der Waals surface area contributed by atoms with Crippen LogP contribution < -0.4 is 10.6 Å². The standard InChI is InChI=1S/C18H19FN2O3/c1-12-13(17(22)20-10-11-24-2)7-5-9-16(12)21-18(23)14-6-3-4-8-15(14)19/h3-9H,10-11H2,1-2H3,(H,20,22)(H,21,23). The molecule has 2 N–H and O–H groups in total. The van der Waals surface area contributed by atoms with Crippen LogP contribution >= 0.6 is 0 Å². The summed E-state index contributed by atoms with van der Waals surface area (Å²) >= 11 is 0. The predicted octanol–water partition coefficient (Wildman–Crippen LogP) is 2.76. The molecule has 0 saturated carbocycles. The lowest BCUT2D eigenvalue weighted by molar-refractivity contribution is 0.0935. The molecule has 24 heavy (non-hydrogen) atoms. The van der Waals surface area contributed by atoms with E-state index in [1.807, 2.05) is 0 Å². The van der Waals surface area contributed by atoms with Gasteiger partial charge in [-0.15, -0.1) is 0 Å². The molecule has 0 aliphatic rings. The Morgan fingerprint density at radius 2 is 1.75 bits per heavy atom. The molecule has 0 aliphatic carbocycles. The Balaban J connectivity index is 2.17. The minimum Gasteiger partial charge on any atom is -0.383 e. The first kappa shape index (κ1) is 17.6. The van der Waals surface area contributed by atoms with Crippen LogP contribution in [0.1, 0.15) is 26.3 Å². The summed E-state index contributed by atoms with van der Waals surface area (Å²) in [5.41, 5.74) is 1.46. The van der Waals surface area contributed by atoms with Gasteiger partial charge in [-0.1, -0.05) is 18.2 Å². The van der Waals surface area contributed by atoms with Crippen LogP contribution in [-0.4, -0.2) is 32.1 Å². The number of nitrogens with one attached hydrogen (secondary N) is 2. The number of carbonyl (C=O) groups is 2. The maximum atomic E-state index is 13.7. The molecule has 0 spiro atoms. The van der Waals surface area contributed by atoms with Crippen LogP contribution in [-0.2, 0) is 4.74 Å². The number of carbonyl (C=O) groups excluding carboxylic acids is 2. The van der Waals surface area contributed by atoms with Crippen molar-refractivity contribution in [3.63, 3.8) is 0 Å². The van der Waals surface area contributed by atoms with Crippen molar-refractivity contribution in [1.82, 2.24) is 5.32 Å². The molecular formula is C18H19FN2O3. The maximum absolute atomic E-state index is 13.7. The van der Waals surface area contributed by atoms with Gasteiger partial charge in [0.25, 0.3) is 11.8 Å². The highest BCUT2D eigenvalue weighted by Gasteiger charge is 2.15. The summed E-state index contributed by atoms with van der Waals surface area (Å²) in [5.74, 6) is -1.42. The topological polar surface area (TPSA) is 67.4 Å². The first-order chi connectivity index (χ1) is 11.5. The molecule has 2 amide bonds. The van der Waals surface area contributed by atoms with Crippen molar-refractivity contribution in [3.8, 4) is 0 Å². The third-order valence-corrected chi connectivity index (χ3v) is 3.54. The van der Waals surface area contributed by atoms with Gasteiger partial charge in [-0.05, 0) is 36.8 Å². The lowest BCUT2D eigenvalue weighted by atomic mass is 10.1. The Kier molecular flexibility index (Phi) is 6.03. The molecule has 0 fully saturated rings. The van der Waals surface area contributed by atoms with Gasteiger partial charge in [-0.3, -0.25) is 9.59 Å². The fourth-order valence-electron chi connectivity index (χ4n) is 2.21. The molecule has 5 nitrogen and oxygen atoms in total. The van der Waals surface area contributed by atoms with E-state index in [1.165, 1.54) is 18.2 Å². The zero-order valence-electron chi connectivity index (χ0n) is 13.6.